The van der Waals surface area contributed by atoms with Crippen LogP contribution in [-0.4, -0.2) is 15.7 Å². The Balaban J connectivity index is 1.59. The molecule has 0 radical (unpaired) electrons. The maximum atomic E-state index is 13.3. The number of benzene rings is 2. The molecule has 140 valence electrons. The number of amides is 1. The standard InChI is InChI=1S/C22H18FN3OS/c23-18-10-8-16(9-11-18)22-17(14-24-21(27)13-20-7-4-12-28-20)15-26(25-22)19-5-2-1-3-6-19/h1-12,15H,13-14H2,(H,24,27). The normalized spacial score (nSPS) is 10.8. The number of nitrogens with one attached hydrogen (secondary N) is 1. The zero-order chi connectivity index (χ0) is 19.3. The highest BCUT2D eigenvalue weighted by Gasteiger charge is 2.14. The van der Waals surface area contributed by atoms with Crippen LogP contribution >= 0.6 is 11.3 Å². The van der Waals surface area contributed by atoms with Crippen molar-refractivity contribution in [2.75, 3.05) is 0 Å². The number of para-hydroxylation sites is 1. The zero-order valence-corrected chi connectivity index (χ0v) is 15.8. The van der Waals surface area contributed by atoms with Gasteiger partial charge in [-0.05, 0) is 47.8 Å². The van der Waals surface area contributed by atoms with Crippen LogP contribution in [0.2, 0.25) is 0 Å². The predicted molar refractivity (Wildman–Crippen MR) is 109 cm³/mol. The van der Waals surface area contributed by atoms with Gasteiger partial charge < -0.3 is 5.32 Å². The molecule has 0 spiro atoms. The van der Waals surface area contributed by atoms with E-state index in [1.807, 2.05) is 54.0 Å². The summed E-state index contributed by atoms with van der Waals surface area (Å²) in [7, 11) is 0. The summed E-state index contributed by atoms with van der Waals surface area (Å²) < 4.78 is 15.1. The fraction of sp³-hybridized carbons (Fsp3) is 0.0909. The molecule has 4 rings (SSSR count). The van der Waals surface area contributed by atoms with E-state index in [9.17, 15) is 9.18 Å². The van der Waals surface area contributed by atoms with Gasteiger partial charge in [0.2, 0.25) is 5.91 Å². The van der Waals surface area contributed by atoms with E-state index in [2.05, 4.69) is 10.4 Å². The van der Waals surface area contributed by atoms with Crippen LogP contribution in [0, 0.1) is 5.82 Å². The minimum atomic E-state index is -0.294. The molecule has 2 aromatic heterocycles. The summed E-state index contributed by atoms with van der Waals surface area (Å²) >= 11 is 1.56. The average molecular weight is 391 g/mol. The van der Waals surface area contributed by atoms with Gasteiger partial charge in [-0.3, -0.25) is 4.79 Å². The Morgan fingerprint density at radius 1 is 1.04 bits per heavy atom. The number of aromatic nitrogens is 2. The molecule has 0 aliphatic heterocycles. The van der Waals surface area contributed by atoms with E-state index in [1.54, 1.807) is 28.2 Å². The van der Waals surface area contributed by atoms with Gasteiger partial charge in [-0.2, -0.15) is 5.10 Å². The zero-order valence-electron chi connectivity index (χ0n) is 15.0. The predicted octanol–water partition coefficient (Wildman–Crippen LogP) is 4.60. The smallest absolute Gasteiger partial charge is 0.225 e. The van der Waals surface area contributed by atoms with Gasteiger partial charge in [-0.25, -0.2) is 9.07 Å². The Labute approximate surface area is 166 Å². The first-order chi connectivity index (χ1) is 13.7. The Kier molecular flexibility index (Phi) is 5.30. The third kappa shape index (κ3) is 4.18. The molecule has 6 heteroatoms. The molecule has 2 heterocycles. The second kappa shape index (κ2) is 8.19. The van der Waals surface area contributed by atoms with E-state index < -0.39 is 0 Å². The van der Waals surface area contributed by atoms with Crippen LogP contribution < -0.4 is 5.32 Å². The molecule has 0 saturated heterocycles. The molecule has 1 N–H and O–H groups in total. The molecule has 28 heavy (non-hydrogen) atoms. The maximum absolute atomic E-state index is 13.3. The molecule has 0 unspecified atom stereocenters. The van der Waals surface area contributed by atoms with Crippen LogP contribution in [0.25, 0.3) is 16.9 Å². The van der Waals surface area contributed by atoms with Crippen LogP contribution in [0.1, 0.15) is 10.4 Å². The SMILES string of the molecule is O=C(Cc1cccs1)NCc1cn(-c2ccccc2)nc1-c1ccc(F)cc1. The van der Waals surface area contributed by atoms with Crippen molar-refractivity contribution in [3.05, 3.63) is 94.6 Å². The lowest BCUT2D eigenvalue weighted by atomic mass is 10.1. The number of rotatable bonds is 6. The van der Waals surface area contributed by atoms with E-state index in [0.717, 1.165) is 27.4 Å². The first-order valence-electron chi connectivity index (χ1n) is 8.88. The van der Waals surface area contributed by atoms with Crippen molar-refractivity contribution >= 4 is 17.2 Å². The fourth-order valence-electron chi connectivity index (χ4n) is 2.93. The Morgan fingerprint density at radius 3 is 2.54 bits per heavy atom. The van der Waals surface area contributed by atoms with E-state index in [-0.39, 0.29) is 11.7 Å². The molecular formula is C22H18FN3OS. The molecule has 0 fully saturated rings. The van der Waals surface area contributed by atoms with E-state index >= 15 is 0 Å². The van der Waals surface area contributed by atoms with Gasteiger partial charge in [-0.1, -0.05) is 24.3 Å². The molecule has 4 nitrogen and oxygen atoms in total. The van der Waals surface area contributed by atoms with Crippen LogP contribution in [-0.2, 0) is 17.8 Å². The lowest BCUT2D eigenvalue weighted by Crippen LogP contribution is -2.24. The van der Waals surface area contributed by atoms with Gasteiger partial charge >= 0.3 is 0 Å². The van der Waals surface area contributed by atoms with Crippen molar-refractivity contribution in [1.82, 2.24) is 15.1 Å². The summed E-state index contributed by atoms with van der Waals surface area (Å²) in [5.74, 6) is -0.336. The first kappa shape index (κ1) is 18.1. The summed E-state index contributed by atoms with van der Waals surface area (Å²) in [5.41, 5.74) is 3.32. The Morgan fingerprint density at radius 2 is 1.82 bits per heavy atom. The van der Waals surface area contributed by atoms with Crippen LogP contribution in [0.5, 0.6) is 0 Å². The Hall–Kier alpha value is -3.25. The molecule has 0 atom stereocenters. The molecule has 2 aromatic carbocycles. The third-order valence-corrected chi connectivity index (χ3v) is 5.20. The van der Waals surface area contributed by atoms with Crippen LogP contribution in [0.4, 0.5) is 4.39 Å². The molecule has 4 aromatic rings. The fourth-order valence-corrected chi connectivity index (χ4v) is 3.63. The lowest BCUT2D eigenvalue weighted by molar-refractivity contribution is -0.120. The van der Waals surface area contributed by atoms with Crippen LogP contribution in [0.3, 0.4) is 0 Å². The second-order valence-electron chi connectivity index (χ2n) is 6.32. The highest BCUT2D eigenvalue weighted by molar-refractivity contribution is 7.10. The summed E-state index contributed by atoms with van der Waals surface area (Å²) in [6.07, 6.45) is 2.26. The maximum Gasteiger partial charge on any atom is 0.225 e. The number of nitrogens with zero attached hydrogens (tertiary/aromatic N) is 2. The minimum absolute atomic E-state index is 0.0417. The topological polar surface area (TPSA) is 46.9 Å². The minimum Gasteiger partial charge on any atom is -0.352 e. The number of hydrogen-bond donors (Lipinski definition) is 1. The van der Waals surface area contributed by atoms with Crippen LogP contribution in [0.15, 0.2) is 78.3 Å². The molecular weight excluding hydrogens is 373 g/mol. The van der Waals surface area contributed by atoms with Crippen molar-refractivity contribution in [3.63, 3.8) is 0 Å². The van der Waals surface area contributed by atoms with Gasteiger partial charge in [0.25, 0.3) is 0 Å². The molecule has 0 bridgehead atoms. The van der Waals surface area contributed by atoms with E-state index in [4.69, 9.17) is 0 Å². The third-order valence-electron chi connectivity index (χ3n) is 4.32. The van der Waals surface area contributed by atoms with Gasteiger partial charge in [-0.15, -0.1) is 11.3 Å². The molecule has 0 aliphatic rings. The summed E-state index contributed by atoms with van der Waals surface area (Å²) in [6.45, 7) is 0.351. The highest BCUT2D eigenvalue weighted by Crippen LogP contribution is 2.24. The van der Waals surface area contributed by atoms with E-state index in [0.29, 0.717) is 13.0 Å². The van der Waals surface area contributed by atoms with Crippen molar-refractivity contribution < 1.29 is 9.18 Å². The molecule has 1 amide bonds. The molecule has 0 aliphatic carbocycles. The van der Waals surface area contributed by atoms with Crippen molar-refractivity contribution in [2.45, 2.75) is 13.0 Å². The van der Waals surface area contributed by atoms with Gasteiger partial charge in [0.15, 0.2) is 0 Å². The van der Waals surface area contributed by atoms with Crippen molar-refractivity contribution in [1.29, 1.82) is 0 Å². The van der Waals surface area contributed by atoms with Crippen molar-refractivity contribution in [3.8, 4) is 16.9 Å². The Bertz CT molecular complexity index is 1060. The lowest BCUT2D eigenvalue weighted by Gasteiger charge is -2.05. The summed E-state index contributed by atoms with van der Waals surface area (Å²) in [5, 5.41) is 9.60. The van der Waals surface area contributed by atoms with Crippen molar-refractivity contribution in [2.24, 2.45) is 0 Å². The van der Waals surface area contributed by atoms with Gasteiger partial charge in [0.05, 0.1) is 17.8 Å². The monoisotopic (exact) mass is 391 g/mol. The number of carbonyl (C=O) groups is 1. The quantitative estimate of drug-likeness (QED) is 0.522. The number of halogens is 1. The number of hydrogen-bond acceptors (Lipinski definition) is 3. The largest absolute Gasteiger partial charge is 0.352 e. The highest BCUT2D eigenvalue weighted by atomic mass is 32.1. The average Bonchev–Trinajstić information content (AvgIpc) is 3.38. The van der Waals surface area contributed by atoms with E-state index in [1.165, 1.54) is 12.1 Å². The van der Waals surface area contributed by atoms with Gasteiger partial charge in [0, 0.05) is 28.7 Å². The summed E-state index contributed by atoms with van der Waals surface area (Å²) in [6, 6.07) is 19.8. The van der Waals surface area contributed by atoms with Gasteiger partial charge in [0.1, 0.15) is 5.82 Å². The first-order valence-corrected chi connectivity index (χ1v) is 9.76. The summed E-state index contributed by atoms with van der Waals surface area (Å²) in [4.78, 5) is 13.3. The number of carbonyl (C=O) groups excluding carboxylic acids is 1. The second-order valence-corrected chi connectivity index (χ2v) is 7.36. The number of thiophene rings is 1. The molecule has 0 saturated carbocycles.